The summed E-state index contributed by atoms with van der Waals surface area (Å²) in [7, 11) is 0. The van der Waals surface area contributed by atoms with Crippen LogP contribution in [0.4, 0.5) is 11.8 Å². The van der Waals surface area contributed by atoms with Crippen LogP contribution in [0.15, 0.2) is 10.9 Å². The summed E-state index contributed by atoms with van der Waals surface area (Å²) in [6.45, 7) is 0.370. The van der Waals surface area contributed by atoms with Crippen molar-refractivity contribution in [2.45, 2.75) is 12.5 Å². The molecule has 15 heavy (non-hydrogen) atoms. The monoisotopic (exact) mass is 209 g/mol. The van der Waals surface area contributed by atoms with E-state index in [-0.39, 0.29) is 35.7 Å². The molecular weight excluding hydrogens is 198 g/mol. The highest BCUT2D eigenvalue weighted by Gasteiger charge is 2.29. The van der Waals surface area contributed by atoms with E-state index in [2.05, 4.69) is 9.97 Å². The molecule has 0 bridgehead atoms. The van der Waals surface area contributed by atoms with Crippen molar-refractivity contribution in [3.63, 3.8) is 0 Å². The summed E-state index contributed by atoms with van der Waals surface area (Å²) >= 11 is 0. The minimum atomic E-state index is -0.384. The van der Waals surface area contributed by atoms with Crippen LogP contribution in [0, 0.1) is 0 Å². The van der Waals surface area contributed by atoms with Gasteiger partial charge >= 0.3 is 0 Å². The van der Waals surface area contributed by atoms with Gasteiger partial charge in [-0.25, -0.2) is 0 Å². The Kier molecular flexibility index (Phi) is 2.16. The van der Waals surface area contributed by atoms with Gasteiger partial charge < -0.3 is 11.5 Å². The Hall–Kier alpha value is -1.89. The van der Waals surface area contributed by atoms with Gasteiger partial charge in [-0.1, -0.05) is 0 Å². The van der Waals surface area contributed by atoms with E-state index in [0.717, 1.165) is 0 Å². The predicted octanol–water partition coefficient (Wildman–Crippen LogP) is -1.58. The van der Waals surface area contributed by atoms with E-state index in [1.807, 2.05) is 0 Å². The van der Waals surface area contributed by atoms with Crippen molar-refractivity contribution in [3.05, 3.63) is 16.4 Å². The molecule has 2 heterocycles. The Morgan fingerprint density at radius 3 is 2.80 bits per heavy atom. The molecule has 1 amide bonds. The fourth-order valence-corrected chi connectivity index (χ4v) is 1.56. The third-order valence-corrected chi connectivity index (χ3v) is 2.18. The smallest absolute Gasteiger partial charge is 0.254 e. The van der Waals surface area contributed by atoms with Gasteiger partial charge in [0.1, 0.15) is 5.82 Å². The highest BCUT2D eigenvalue weighted by molar-refractivity contribution is 5.95. The predicted molar refractivity (Wildman–Crippen MR) is 54.2 cm³/mol. The largest absolute Gasteiger partial charge is 0.369 e. The van der Waals surface area contributed by atoms with Crippen LogP contribution in [-0.2, 0) is 4.79 Å². The van der Waals surface area contributed by atoms with Crippen molar-refractivity contribution in [1.29, 1.82) is 0 Å². The number of rotatable bonds is 1. The van der Waals surface area contributed by atoms with Gasteiger partial charge in [-0.15, -0.1) is 0 Å². The molecule has 7 heteroatoms. The van der Waals surface area contributed by atoms with Crippen LogP contribution in [0.2, 0.25) is 0 Å². The second-order valence-corrected chi connectivity index (χ2v) is 3.46. The molecule has 2 rings (SSSR count). The molecule has 0 radical (unpaired) electrons. The molecule has 0 spiro atoms. The number of carbonyl (C=O) groups is 1. The lowest BCUT2D eigenvalue weighted by molar-refractivity contribution is -0.117. The van der Waals surface area contributed by atoms with Crippen molar-refractivity contribution in [2.24, 2.45) is 5.73 Å². The first-order chi connectivity index (χ1) is 7.06. The minimum absolute atomic E-state index is 0.00854. The van der Waals surface area contributed by atoms with E-state index in [1.165, 1.54) is 11.0 Å². The van der Waals surface area contributed by atoms with Gasteiger partial charge in [0.15, 0.2) is 0 Å². The average molecular weight is 209 g/mol. The molecule has 80 valence electrons. The Morgan fingerprint density at radius 2 is 2.27 bits per heavy atom. The van der Waals surface area contributed by atoms with E-state index in [1.54, 1.807) is 0 Å². The van der Waals surface area contributed by atoms with Crippen LogP contribution >= 0.6 is 0 Å². The molecule has 1 aromatic rings. The van der Waals surface area contributed by atoms with Crippen molar-refractivity contribution in [2.75, 3.05) is 17.2 Å². The number of amides is 1. The van der Waals surface area contributed by atoms with Crippen LogP contribution in [0.25, 0.3) is 0 Å². The molecule has 1 aliphatic rings. The zero-order chi connectivity index (χ0) is 11.0. The normalized spacial score (nSPS) is 21.0. The lowest BCUT2D eigenvalue weighted by Crippen LogP contribution is -2.30. The van der Waals surface area contributed by atoms with Crippen LogP contribution in [-0.4, -0.2) is 28.5 Å². The van der Waals surface area contributed by atoms with Gasteiger partial charge in [0, 0.05) is 25.1 Å². The minimum Gasteiger partial charge on any atom is -0.369 e. The second kappa shape index (κ2) is 3.35. The third-order valence-electron chi connectivity index (χ3n) is 2.18. The molecule has 1 atom stereocenters. The van der Waals surface area contributed by atoms with Gasteiger partial charge in [0.2, 0.25) is 11.9 Å². The summed E-state index contributed by atoms with van der Waals surface area (Å²) in [4.78, 5) is 30.1. The number of hydrogen-bond acceptors (Lipinski definition) is 5. The number of H-pyrrole nitrogens is 1. The lowest BCUT2D eigenvalue weighted by atomic mass is 10.3. The molecule has 1 aromatic heterocycles. The number of aromatic nitrogens is 2. The fraction of sp³-hybridized carbons (Fsp3) is 0.375. The second-order valence-electron chi connectivity index (χ2n) is 3.46. The third kappa shape index (κ3) is 1.82. The van der Waals surface area contributed by atoms with Crippen LogP contribution in [0.5, 0.6) is 0 Å². The number of nitrogens with one attached hydrogen (secondary N) is 1. The van der Waals surface area contributed by atoms with E-state index >= 15 is 0 Å². The molecule has 1 aliphatic heterocycles. The molecule has 1 fully saturated rings. The lowest BCUT2D eigenvalue weighted by Gasteiger charge is -2.14. The zero-order valence-corrected chi connectivity index (χ0v) is 7.93. The Bertz CT molecular complexity index is 455. The van der Waals surface area contributed by atoms with Gasteiger partial charge in [-0.3, -0.25) is 19.5 Å². The summed E-state index contributed by atoms with van der Waals surface area (Å²) in [5, 5.41) is 0. The SMILES string of the molecule is Nc1nc(N2CC(N)CC2=O)cc(=O)[nH]1. The van der Waals surface area contributed by atoms with Crippen LogP contribution < -0.4 is 21.9 Å². The van der Waals surface area contributed by atoms with Crippen molar-refractivity contribution >= 4 is 17.7 Å². The first-order valence-electron chi connectivity index (χ1n) is 4.49. The molecule has 1 unspecified atom stereocenters. The van der Waals surface area contributed by atoms with Crippen molar-refractivity contribution in [1.82, 2.24) is 9.97 Å². The molecule has 7 nitrogen and oxygen atoms in total. The maximum absolute atomic E-state index is 11.5. The molecule has 5 N–H and O–H groups in total. The molecule has 1 saturated heterocycles. The number of anilines is 2. The number of aromatic amines is 1. The van der Waals surface area contributed by atoms with Gasteiger partial charge in [0.25, 0.3) is 5.56 Å². The summed E-state index contributed by atoms with van der Waals surface area (Å²) in [6.07, 6.45) is 0.272. The fourth-order valence-electron chi connectivity index (χ4n) is 1.56. The van der Waals surface area contributed by atoms with Crippen LogP contribution in [0.1, 0.15) is 6.42 Å². The quantitative estimate of drug-likeness (QED) is 0.515. The molecular formula is C8H11N5O2. The summed E-state index contributed by atoms with van der Waals surface area (Å²) < 4.78 is 0. The summed E-state index contributed by atoms with van der Waals surface area (Å²) in [6, 6.07) is 1.02. The maximum Gasteiger partial charge on any atom is 0.254 e. The van der Waals surface area contributed by atoms with Crippen molar-refractivity contribution < 1.29 is 4.79 Å². The Balaban J connectivity index is 2.37. The van der Waals surface area contributed by atoms with Gasteiger partial charge in [0.05, 0.1) is 0 Å². The average Bonchev–Trinajstić information content (AvgIpc) is 2.43. The van der Waals surface area contributed by atoms with E-state index < -0.39 is 0 Å². The van der Waals surface area contributed by atoms with Gasteiger partial charge in [-0.2, -0.15) is 4.98 Å². The highest BCUT2D eigenvalue weighted by Crippen LogP contribution is 2.17. The van der Waals surface area contributed by atoms with Crippen LogP contribution in [0.3, 0.4) is 0 Å². The van der Waals surface area contributed by atoms with Gasteiger partial charge in [-0.05, 0) is 0 Å². The van der Waals surface area contributed by atoms with Crippen molar-refractivity contribution in [3.8, 4) is 0 Å². The zero-order valence-electron chi connectivity index (χ0n) is 7.93. The highest BCUT2D eigenvalue weighted by atomic mass is 16.2. The van der Waals surface area contributed by atoms with E-state index in [0.29, 0.717) is 6.54 Å². The number of nitrogens with zero attached hydrogens (tertiary/aromatic N) is 2. The topological polar surface area (TPSA) is 118 Å². The summed E-state index contributed by atoms with van der Waals surface area (Å²) in [5.41, 5.74) is 10.6. The Labute approximate surface area is 85.1 Å². The maximum atomic E-state index is 11.5. The Morgan fingerprint density at radius 1 is 1.53 bits per heavy atom. The van der Waals surface area contributed by atoms with E-state index in [4.69, 9.17) is 11.5 Å². The first-order valence-corrected chi connectivity index (χ1v) is 4.49. The van der Waals surface area contributed by atoms with E-state index in [9.17, 15) is 9.59 Å². The number of hydrogen-bond donors (Lipinski definition) is 3. The summed E-state index contributed by atoms with van der Waals surface area (Å²) in [5.74, 6) is 0.111. The first kappa shape index (κ1) is 9.66. The standard InChI is InChI=1S/C8H11N5O2/c9-4-1-7(15)13(3-4)5-2-6(14)12-8(10)11-5/h2,4H,1,3,9H2,(H3,10,11,12,14). The number of carbonyl (C=O) groups excluding carboxylic acids is 1. The molecule has 0 aromatic carbocycles. The molecule has 0 saturated carbocycles. The number of nitrogen functional groups attached to an aromatic ring is 1. The number of nitrogens with two attached hydrogens (primary N) is 2. The molecule has 0 aliphatic carbocycles.